The highest BCUT2D eigenvalue weighted by atomic mass is 16.5. The molecule has 0 radical (unpaired) electrons. The Morgan fingerprint density at radius 1 is 0.800 bits per heavy atom. The normalized spacial score (nSPS) is 20.4. The molecule has 140 valence electrons. The van der Waals surface area contributed by atoms with Crippen LogP contribution in [0.3, 0.4) is 0 Å². The summed E-state index contributed by atoms with van der Waals surface area (Å²) >= 11 is 0. The van der Waals surface area contributed by atoms with E-state index in [0.29, 0.717) is 5.75 Å². The molecule has 5 nitrogen and oxygen atoms in total. The molecule has 0 unspecified atom stereocenters. The van der Waals surface area contributed by atoms with Crippen LogP contribution in [0.4, 0.5) is 0 Å². The van der Waals surface area contributed by atoms with Crippen LogP contribution in [0, 0.1) is 0 Å². The predicted molar refractivity (Wildman–Crippen MR) is 99.8 cm³/mol. The summed E-state index contributed by atoms with van der Waals surface area (Å²) in [6, 6.07) is 4.80. The molecule has 1 aromatic carbocycles. The number of benzene rings is 1. The first kappa shape index (κ1) is 18.3. The van der Waals surface area contributed by atoms with Gasteiger partial charge in [0.2, 0.25) is 0 Å². The fourth-order valence-electron chi connectivity index (χ4n) is 4.19. The lowest BCUT2D eigenvalue weighted by molar-refractivity contribution is 0.0751. The molecule has 1 heterocycles. The maximum Gasteiger partial charge on any atom is 0.164 e. The molecular formula is C20H32N2O3. The number of nitrogens with zero attached hydrogens (tertiary/aromatic N) is 2. The van der Waals surface area contributed by atoms with Gasteiger partial charge in [0.05, 0.1) is 21.3 Å². The summed E-state index contributed by atoms with van der Waals surface area (Å²) in [6.45, 7) is 5.49. The van der Waals surface area contributed by atoms with Gasteiger partial charge in [-0.25, -0.2) is 0 Å². The van der Waals surface area contributed by atoms with Gasteiger partial charge in [-0.3, -0.25) is 9.80 Å². The lowest BCUT2D eigenvalue weighted by Crippen LogP contribution is -2.50. The number of hydrogen-bond donors (Lipinski definition) is 0. The van der Waals surface area contributed by atoms with Crippen LogP contribution in [0.5, 0.6) is 17.2 Å². The zero-order valence-corrected chi connectivity index (χ0v) is 15.9. The topological polar surface area (TPSA) is 34.2 Å². The largest absolute Gasteiger partial charge is 0.496 e. The molecule has 0 bridgehead atoms. The monoisotopic (exact) mass is 348 g/mol. The summed E-state index contributed by atoms with van der Waals surface area (Å²) in [5.41, 5.74) is 1.16. The van der Waals surface area contributed by atoms with E-state index in [1.807, 2.05) is 12.1 Å². The Morgan fingerprint density at radius 2 is 1.40 bits per heavy atom. The molecule has 3 rings (SSSR count). The van der Waals surface area contributed by atoms with E-state index in [-0.39, 0.29) is 0 Å². The molecule has 1 aliphatic heterocycles. The molecule has 1 saturated heterocycles. The van der Waals surface area contributed by atoms with Gasteiger partial charge in [0.1, 0.15) is 5.75 Å². The predicted octanol–water partition coefficient (Wildman–Crippen LogP) is 3.16. The summed E-state index contributed by atoms with van der Waals surface area (Å²) in [5.74, 6) is 2.34. The Morgan fingerprint density at radius 3 is 2.00 bits per heavy atom. The molecule has 0 atom stereocenters. The van der Waals surface area contributed by atoms with E-state index in [1.165, 1.54) is 45.2 Å². The number of methoxy groups -OCH3 is 3. The smallest absolute Gasteiger partial charge is 0.164 e. The van der Waals surface area contributed by atoms with Crippen LogP contribution in [0.25, 0.3) is 0 Å². The molecule has 0 N–H and O–H groups in total. The second-order valence-corrected chi connectivity index (χ2v) is 7.12. The van der Waals surface area contributed by atoms with Gasteiger partial charge >= 0.3 is 0 Å². The van der Waals surface area contributed by atoms with E-state index < -0.39 is 0 Å². The highest BCUT2D eigenvalue weighted by Crippen LogP contribution is 2.35. The molecule has 1 saturated carbocycles. The van der Waals surface area contributed by atoms with Crippen LogP contribution in [-0.2, 0) is 6.54 Å². The maximum absolute atomic E-state index is 5.57. The molecule has 0 amide bonds. The van der Waals surface area contributed by atoms with E-state index in [4.69, 9.17) is 14.2 Å². The molecule has 2 aliphatic rings. The van der Waals surface area contributed by atoms with Crippen molar-refractivity contribution in [3.05, 3.63) is 17.7 Å². The van der Waals surface area contributed by atoms with Crippen molar-refractivity contribution in [1.82, 2.24) is 9.80 Å². The number of ether oxygens (including phenoxy) is 3. The van der Waals surface area contributed by atoms with Crippen molar-refractivity contribution < 1.29 is 14.2 Å². The van der Waals surface area contributed by atoms with Crippen LogP contribution < -0.4 is 14.2 Å². The van der Waals surface area contributed by atoms with Gasteiger partial charge in [-0.1, -0.05) is 19.3 Å². The van der Waals surface area contributed by atoms with Crippen LogP contribution in [-0.4, -0.2) is 63.4 Å². The Kier molecular flexibility index (Phi) is 6.43. The van der Waals surface area contributed by atoms with Crippen molar-refractivity contribution in [2.45, 2.75) is 44.7 Å². The van der Waals surface area contributed by atoms with Gasteiger partial charge in [0.25, 0.3) is 0 Å². The second-order valence-electron chi connectivity index (χ2n) is 7.12. The molecular weight excluding hydrogens is 316 g/mol. The van der Waals surface area contributed by atoms with Gasteiger partial charge in [-0.2, -0.15) is 0 Å². The van der Waals surface area contributed by atoms with E-state index in [1.54, 1.807) is 21.3 Å². The van der Waals surface area contributed by atoms with Crippen LogP contribution in [0.15, 0.2) is 12.1 Å². The van der Waals surface area contributed by atoms with E-state index in [2.05, 4.69) is 9.80 Å². The van der Waals surface area contributed by atoms with Crippen molar-refractivity contribution in [3.63, 3.8) is 0 Å². The van der Waals surface area contributed by atoms with Crippen molar-refractivity contribution in [2.24, 2.45) is 0 Å². The molecule has 25 heavy (non-hydrogen) atoms. The fraction of sp³-hybridized carbons (Fsp3) is 0.700. The highest BCUT2D eigenvalue weighted by molar-refractivity contribution is 5.50. The van der Waals surface area contributed by atoms with Gasteiger partial charge < -0.3 is 14.2 Å². The molecule has 0 aromatic heterocycles. The molecule has 1 aromatic rings. The van der Waals surface area contributed by atoms with Crippen LogP contribution in [0.1, 0.15) is 37.7 Å². The number of piperazine rings is 1. The minimum Gasteiger partial charge on any atom is -0.496 e. The summed E-state index contributed by atoms with van der Waals surface area (Å²) in [6.07, 6.45) is 7.03. The van der Waals surface area contributed by atoms with E-state index in [0.717, 1.165) is 42.7 Å². The minimum absolute atomic E-state index is 0.713. The zero-order valence-electron chi connectivity index (χ0n) is 15.9. The lowest BCUT2D eigenvalue weighted by Gasteiger charge is -2.40. The Balaban J connectivity index is 1.61. The summed E-state index contributed by atoms with van der Waals surface area (Å²) < 4.78 is 16.4. The van der Waals surface area contributed by atoms with Gasteiger partial charge in [0, 0.05) is 50.4 Å². The summed E-state index contributed by atoms with van der Waals surface area (Å²) in [4.78, 5) is 5.23. The molecule has 1 aliphatic carbocycles. The standard InChI is InChI=1S/C20H32N2O3/c1-23-18-14-20(25-3)19(24-2)13-16(18)15-21-9-11-22(12-10-21)17-7-5-4-6-8-17/h13-14,17H,4-12,15H2,1-3H3. The first-order chi connectivity index (χ1) is 12.2. The summed E-state index contributed by atoms with van der Waals surface area (Å²) in [7, 11) is 5.05. The van der Waals surface area contributed by atoms with E-state index in [9.17, 15) is 0 Å². The van der Waals surface area contributed by atoms with Gasteiger partial charge in [0.15, 0.2) is 11.5 Å². The van der Waals surface area contributed by atoms with Crippen molar-refractivity contribution in [1.29, 1.82) is 0 Å². The van der Waals surface area contributed by atoms with Gasteiger partial charge in [-0.15, -0.1) is 0 Å². The Labute approximate surface area is 151 Å². The summed E-state index contributed by atoms with van der Waals surface area (Å²) in [5, 5.41) is 0. The fourth-order valence-corrected chi connectivity index (χ4v) is 4.19. The van der Waals surface area contributed by atoms with Crippen molar-refractivity contribution >= 4 is 0 Å². The average molecular weight is 348 g/mol. The molecule has 2 fully saturated rings. The minimum atomic E-state index is 0.713. The Bertz CT molecular complexity index is 550. The van der Waals surface area contributed by atoms with Gasteiger partial charge in [-0.05, 0) is 18.9 Å². The Hall–Kier alpha value is -1.46. The van der Waals surface area contributed by atoms with Crippen molar-refractivity contribution in [2.75, 3.05) is 47.5 Å². The lowest BCUT2D eigenvalue weighted by atomic mass is 9.94. The molecule has 5 heteroatoms. The van der Waals surface area contributed by atoms with Crippen LogP contribution in [0.2, 0.25) is 0 Å². The van der Waals surface area contributed by atoms with Crippen LogP contribution >= 0.6 is 0 Å². The average Bonchev–Trinajstić information content (AvgIpc) is 2.69. The van der Waals surface area contributed by atoms with E-state index >= 15 is 0 Å². The third kappa shape index (κ3) is 4.39. The number of rotatable bonds is 6. The first-order valence-electron chi connectivity index (χ1n) is 9.50. The highest BCUT2D eigenvalue weighted by Gasteiger charge is 2.25. The SMILES string of the molecule is COc1cc(OC)c(OC)cc1CN1CCN(C2CCCCC2)CC1. The van der Waals surface area contributed by atoms with Crippen molar-refractivity contribution in [3.8, 4) is 17.2 Å². The maximum atomic E-state index is 5.57. The first-order valence-corrected chi connectivity index (χ1v) is 9.50. The third-order valence-corrected chi connectivity index (χ3v) is 5.68. The third-order valence-electron chi connectivity index (χ3n) is 5.68. The second kappa shape index (κ2) is 8.77. The quantitative estimate of drug-likeness (QED) is 0.789. The molecule has 0 spiro atoms. The zero-order chi connectivity index (χ0) is 17.6. The number of hydrogen-bond acceptors (Lipinski definition) is 5.